The summed E-state index contributed by atoms with van der Waals surface area (Å²) >= 11 is 0. The number of amides is 1. The van der Waals surface area contributed by atoms with Crippen molar-refractivity contribution in [3.8, 4) is 0 Å². The Balaban J connectivity index is 0.00000128. The van der Waals surface area contributed by atoms with Gasteiger partial charge in [0.2, 0.25) is 0 Å². The Bertz CT molecular complexity index is 494. The Morgan fingerprint density at radius 3 is 2.33 bits per heavy atom. The molecule has 2 heterocycles. The minimum Gasteiger partial charge on any atom is -0.444 e. The van der Waals surface area contributed by atoms with Crippen LogP contribution >= 0.6 is 12.4 Å². The number of nitrogens with zero attached hydrogens (tertiary/aromatic N) is 2. The zero-order valence-corrected chi connectivity index (χ0v) is 13.9. The molecule has 1 aliphatic heterocycles. The van der Waals surface area contributed by atoms with Gasteiger partial charge in [-0.05, 0) is 34.6 Å². The molecule has 7 N–H and O–H groups in total. The maximum absolute atomic E-state index is 12.2. The van der Waals surface area contributed by atoms with E-state index in [1.807, 2.05) is 34.6 Å². The van der Waals surface area contributed by atoms with Crippen LogP contribution in [-0.2, 0) is 16.8 Å². The molecule has 8 nitrogen and oxygen atoms in total. The van der Waals surface area contributed by atoms with Crippen LogP contribution in [0.25, 0.3) is 0 Å². The average molecular weight is 321 g/mol. The summed E-state index contributed by atoms with van der Waals surface area (Å²) in [5.41, 5.74) is 6.55. The maximum atomic E-state index is 12.2. The van der Waals surface area contributed by atoms with E-state index in [4.69, 9.17) is 10.5 Å². The standard InChI is InChI=1S/C12H20N4O2.ClH.H4N2/c1-11(2,3)18-10(17)16-6-7-8(12(16,4)5)14-15-9(7)13;;1-2/h6H2,1-5H3,(H3,13,14,15);1H;1-2H2. The number of carbonyl (C=O) groups excluding carboxylic acids is 1. The van der Waals surface area contributed by atoms with Crippen molar-refractivity contribution >= 4 is 24.3 Å². The second-order valence-corrected chi connectivity index (χ2v) is 6.09. The van der Waals surface area contributed by atoms with E-state index in [1.54, 1.807) is 4.90 Å². The number of hydrazine groups is 1. The number of carbonyl (C=O) groups is 1. The van der Waals surface area contributed by atoms with Crippen molar-refractivity contribution in [2.75, 3.05) is 5.73 Å². The number of nitrogens with one attached hydrogen (secondary N) is 1. The van der Waals surface area contributed by atoms with E-state index < -0.39 is 11.1 Å². The lowest BCUT2D eigenvalue weighted by molar-refractivity contribution is 0.00452. The number of nitrogens with two attached hydrogens (primary N) is 3. The van der Waals surface area contributed by atoms with Crippen LogP contribution in [-0.4, -0.2) is 26.8 Å². The van der Waals surface area contributed by atoms with E-state index in [-0.39, 0.29) is 18.5 Å². The van der Waals surface area contributed by atoms with Crippen LogP contribution in [0.2, 0.25) is 0 Å². The first-order chi connectivity index (χ1) is 9.13. The Morgan fingerprint density at radius 1 is 1.38 bits per heavy atom. The zero-order chi connectivity index (χ0) is 15.7. The summed E-state index contributed by atoms with van der Waals surface area (Å²) in [4.78, 5) is 13.8. The number of ether oxygens (including phenoxy) is 1. The first kappa shape index (κ1) is 19.5. The number of aromatic nitrogens is 2. The maximum Gasteiger partial charge on any atom is 0.411 e. The van der Waals surface area contributed by atoms with E-state index in [9.17, 15) is 4.79 Å². The van der Waals surface area contributed by atoms with Gasteiger partial charge in [-0.25, -0.2) is 4.79 Å². The molecule has 21 heavy (non-hydrogen) atoms. The summed E-state index contributed by atoms with van der Waals surface area (Å²) in [7, 11) is 0. The molecule has 9 heteroatoms. The van der Waals surface area contributed by atoms with Crippen molar-refractivity contribution in [2.24, 2.45) is 11.7 Å². The van der Waals surface area contributed by atoms with E-state index in [1.165, 1.54) is 0 Å². The summed E-state index contributed by atoms with van der Waals surface area (Å²) in [5.74, 6) is 8.45. The number of hydrogen-bond donors (Lipinski definition) is 4. The fourth-order valence-corrected chi connectivity index (χ4v) is 2.15. The third kappa shape index (κ3) is 3.78. The van der Waals surface area contributed by atoms with Crippen molar-refractivity contribution in [3.63, 3.8) is 0 Å². The van der Waals surface area contributed by atoms with Crippen LogP contribution in [0.5, 0.6) is 0 Å². The Kier molecular flexibility index (Phi) is 6.04. The SMILES string of the molecule is CC(C)(C)OC(=O)N1Cc2c(N)n[nH]c2C1(C)C.Cl.NN. The number of fused-ring (bicyclic) bond motifs is 1. The summed E-state index contributed by atoms with van der Waals surface area (Å²) in [6.45, 7) is 9.87. The van der Waals surface area contributed by atoms with Crippen LogP contribution in [0.1, 0.15) is 45.9 Å². The number of rotatable bonds is 0. The highest BCUT2D eigenvalue weighted by molar-refractivity contribution is 5.85. The van der Waals surface area contributed by atoms with Crippen molar-refractivity contribution in [2.45, 2.75) is 52.3 Å². The van der Waals surface area contributed by atoms with Gasteiger partial charge in [-0.2, -0.15) is 5.10 Å². The molecule has 0 fully saturated rings. The van der Waals surface area contributed by atoms with Crippen LogP contribution < -0.4 is 17.4 Å². The Morgan fingerprint density at radius 2 is 1.90 bits per heavy atom. The lowest BCUT2D eigenvalue weighted by atomic mass is 10.0. The molecule has 2 rings (SSSR count). The van der Waals surface area contributed by atoms with Gasteiger partial charge in [0.05, 0.1) is 17.8 Å². The van der Waals surface area contributed by atoms with E-state index in [0.717, 1.165) is 11.3 Å². The predicted octanol–water partition coefficient (Wildman–Crippen LogP) is 1.22. The fraction of sp³-hybridized carbons (Fsp3) is 0.667. The summed E-state index contributed by atoms with van der Waals surface area (Å²) in [5, 5.41) is 6.88. The van der Waals surface area contributed by atoms with Crippen LogP contribution in [0.4, 0.5) is 10.6 Å². The highest BCUT2D eigenvalue weighted by Gasteiger charge is 2.44. The molecule has 0 saturated carbocycles. The smallest absolute Gasteiger partial charge is 0.411 e. The second-order valence-electron chi connectivity index (χ2n) is 6.09. The molecule has 0 radical (unpaired) electrons. The van der Waals surface area contributed by atoms with Crippen LogP contribution in [0.3, 0.4) is 0 Å². The third-order valence-corrected chi connectivity index (χ3v) is 3.12. The molecular weight excluding hydrogens is 296 g/mol. The highest BCUT2D eigenvalue weighted by atomic mass is 35.5. The molecule has 1 aliphatic rings. The molecule has 0 saturated heterocycles. The van der Waals surface area contributed by atoms with Gasteiger partial charge in [0.25, 0.3) is 0 Å². The van der Waals surface area contributed by atoms with Gasteiger partial charge in [-0.1, -0.05) is 0 Å². The minimum absolute atomic E-state index is 0. The largest absolute Gasteiger partial charge is 0.444 e. The number of nitrogen functional groups attached to an aromatic ring is 1. The molecule has 0 aliphatic carbocycles. The number of H-pyrrole nitrogens is 1. The monoisotopic (exact) mass is 320 g/mol. The summed E-state index contributed by atoms with van der Waals surface area (Å²) < 4.78 is 5.41. The van der Waals surface area contributed by atoms with Gasteiger partial charge >= 0.3 is 6.09 Å². The first-order valence-electron chi connectivity index (χ1n) is 6.30. The Hall–Kier alpha value is -1.51. The molecule has 1 amide bonds. The quantitative estimate of drug-likeness (QED) is 0.419. The molecule has 0 spiro atoms. The van der Waals surface area contributed by atoms with Gasteiger partial charge in [-0.3, -0.25) is 21.7 Å². The molecule has 1 aromatic rings. The molecular formula is C12H25ClN6O2. The zero-order valence-electron chi connectivity index (χ0n) is 13.1. The lowest BCUT2D eigenvalue weighted by Crippen LogP contribution is -2.43. The second kappa shape index (κ2) is 6.50. The number of aromatic amines is 1. The third-order valence-electron chi connectivity index (χ3n) is 3.12. The van der Waals surface area contributed by atoms with Gasteiger partial charge in [0, 0.05) is 5.56 Å². The topological polar surface area (TPSA) is 136 Å². The Labute approximate surface area is 130 Å². The molecule has 1 aromatic heterocycles. The van der Waals surface area contributed by atoms with Crippen molar-refractivity contribution in [3.05, 3.63) is 11.3 Å². The number of hydrogen-bond acceptors (Lipinski definition) is 6. The minimum atomic E-state index is -0.507. The number of anilines is 1. The summed E-state index contributed by atoms with van der Waals surface area (Å²) in [6, 6.07) is 0. The van der Waals surface area contributed by atoms with Crippen molar-refractivity contribution in [1.82, 2.24) is 15.1 Å². The van der Waals surface area contributed by atoms with Crippen molar-refractivity contribution < 1.29 is 9.53 Å². The lowest BCUT2D eigenvalue weighted by Gasteiger charge is -2.33. The molecule has 0 aromatic carbocycles. The van der Waals surface area contributed by atoms with E-state index in [0.29, 0.717) is 12.4 Å². The van der Waals surface area contributed by atoms with Crippen LogP contribution in [0, 0.1) is 0 Å². The summed E-state index contributed by atoms with van der Waals surface area (Å²) in [6.07, 6.45) is -0.337. The first-order valence-corrected chi connectivity index (χ1v) is 6.30. The molecule has 122 valence electrons. The molecule has 0 atom stereocenters. The van der Waals surface area contributed by atoms with Crippen molar-refractivity contribution in [1.29, 1.82) is 0 Å². The van der Waals surface area contributed by atoms with Gasteiger partial charge < -0.3 is 10.5 Å². The fourth-order valence-electron chi connectivity index (χ4n) is 2.15. The number of halogens is 1. The van der Waals surface area contributed by atoms with Gasteiger partial charge in [0.15, 0.2) is 5.82 Å². The molecule has 0 bridgehead atoms. The highest BCUT2D eigenvalue weighted by Crippen LogP contribution is 2.40. The molecule has 0 unspecified atom stereocenters. The van der Waals surface area contributed by atoms with Crippen LogP contribution in [0.15, 0.2) is 0 Å². The average Bonchev–Trinajstić information content (AvgIpc) is 2.79. The van der Waals surface area contributed by atoms with Gasteiger partial charge in [-0.15, -0.1) is 12.4 Å². The van der Waals surface area contributed by atoms with E-state index in [2.05, 4.69) is 21.9 Å². The normalized spacial score (nSPS) is 15.5. The van der Waals surface area contributed by atoms with E-state index >= 15 is 0 Å². The van der Waals surface area contributed by atoms with Gasteiger partial charge in [0.1, 0.15) is 5.60 Å². The predicted molar refractivity (Wildman–Crippen MR) is 83.4 cm³/mol.